The van der Waals surface area contributed by atoms with Gasteiger partial charge in [0.2, 0.25) is 0 Å². The maximum atomic E-state index is 5.96. The second kappa shape index (κ2) is 5.27. The van der Waals surface area contributed by atoms with Gasteiger partial charge >= 0.3 is 0 Å². The lowest BCUT2D eigenvalue weighted by Crippen LogP contribution is -2.12. The Morgan fingerprint density at radius 3 is 2.78 bits per heavy atom. The fourth-order valence-electron chi connectivity index (χ4n) is 1.75. The van der Waals surface area contributed by atoms with E-state index in [1.54, 1.807) is 19.5 Å². The second-order valence-corrected chi connectivity index (χ2v) is 4.67. The van der Waals surface area contributed by atoms with Crippen LogP contribution in [0.5, 0.6) is 5.75 Å². The molecule has 1 heterocycles. The molecular formula is C13H14BrN3O. The number of nitrogen functional groups attached to an aromatic ring is 1. The lowest BCUT2D eigenvalue weighted by molar-refractivity contribution is 0.415. The first-order valence-electron chi connectivity index (χ1n) is 5.40. The van der Waals surface area contributed by atoms with Gasteiger partial charge in [-0.05, 0) is 28.1 Å². The Balaban J connectivity index is 2.44. The Kier molecular flexibility index (Phi) is 3.72. The third-order valence-electron chi connectivity index (χ3n) is 2.68. The summed E-state index contributed by atoms with van der Waals surface area (Å²) in [4.78, 5) is 6.02. The van der Waals surface area contributed by atoms with Gasteiger partial charge in [0.25, 0.3) is 0 Å². The number of pyridine rings is 1. The van der Waals surface area contributed by atoms with E-state index in [1.165, 1.54) is 0 Å². The van der Waals surface area contributed by atoms with Gasteiger partial charge in [0, 0.05) is 25.0 Å². The molecular weight excluding hydrogens is 294 g/mol. The summed E-state index contributed by atoms with van der Waals surface area (Å²) in [7, 11) is 3.60. The molecule has 0 fully saturated rings. The monoisotopic (exact) mass is 307 g/mol. The van der Waals surface area contributed by atoms with Crippen LogP contribution < -0.4 is 15.4 Å². The highest BCUT2D eigenvalue weighted by molar-refractivity contribution is 9.10. The molecule has 2 aromatic rings. The zero-order chi connectivity index (χ0) is 13.1. The molecule has 0 aliphatic carbocycles. The number of benzene rings is 1. The molecule has 1 aromatic carbocycles. The topological polar surface area (TPSA) is 51.4 Å². The molecule has 0 amide bonds. The first-order chi connectivity index (χ1) is 8.63. The number of nitrogens with zero attached hydrogens (tertiary/aromatic N) is 2. The number of methoxy groups -OCH3 is 1. The lowest BCUT2D eigenvalue weighted by Gasteiger charge is -2.22. The summed E-state index contributed by atoms with van der Waals surface area (Å²) >= 11 is 3.47. The van der Waals surface area contributed by atoms with Crippen LogP contribution in [-0.2, 0) is 0 Å². The molecule has 0 atom stereocenters. The van der Waals surface area contributed by atoms with Crippen molar-refractivity contribution in [2.24, 2.45) is 0 Å². The summed E-state index contributed by atoms with van der Waals surface area (Å²) in [5.74, 6) is 0.808. The normalized spacial score (nSPS) is 10.2. The van der Waals surface area contributed by atoms with Crippen LogP contribution in [0.2, 0.25) is 0 Å². The van der Waals surface area contributed by atoms with Gasteiger partial charge in [0.1, 0.15) is 5.75 Å². The van der Waals surface area contributed by atoms with Crippen LogP contribution in [0.25, 0.3) is 0 Å². The number of halogens is 1. The largest absolute Gasteiger partial charge is 0.497 e. The van der Waals surface area contributed by atoms with E-state index < -0.39 is 0 Å². The molecule has 0 saturated carbocycles. The maximum Gasteiger partial charge on any atom is 0.120 e. The highest BCUT2D eigenvalue weighted by atomic mass is 79.9. The molecule has 0 aliphatic heterocycles. The zero-order valence-corrected chi connectivity index (χ0v) is 11.8. The van der Waals surface area contributed by atoms with Crippen LogP contribution in [0.4, 0.5) is 17.1 Å². The molecule has 4 nitrogen and oxygen atoms in total. The second-order valence-electron chi connectivity index (χ2n) is 3.82. The van der Waals surface area contributed by atoms with Crippen LogP contribution in [-0.4, -0.2) is 19.1 Å². The summed E-state index contributed by atoms with van der Waals surface area (Å²) in [6, 6.07) is 7.79. The van der Waals surface area contributed by atoms with Gasteiger partial charge in [-0.15, -0.1) is 0 Å². The Hall–Kier alpha value is -1.75. The highest BCUT2D eigenvalue weighted by Crippen LogP contribution is 2.35. The zero-order valence-electron chi connectivity index (χ0n) is 10.2. The Morgan fingerprint density at radius 2 is 2.11 bits per heavy atom. The van der Waals surface area contributed by atoms with Crippen molar-refractivity contribution in [1.29, 1.82) is 0 Å². The van der Waals surface area contributed by atoms with Gasteiger partial charge in [-0.2, -0.15) is 0 Å². The van der Waals surface area contributed by atoms with Crippen molar-refractivity contribution in [2.45, 2.75) is 0 Å². The fourth-order valence-corrected chi connectivity index (χ4v) is 2.36. The molecule has 0 saturated heterocycles. The van der Waals surface area contributed by atoms with E-state index in [-0.39, 0.29) is 0 Å². The molecule has 0 spiro atoms. The molecule has 5 heteroatoms. The van der Waals surface area contributed by atoms with Crippen molar-refractivity contribution >= 4 is 33.0 Å². The van der Waals surface area contributed by atoms with E-state index in [1.807, 2.05) is 36.2 Å². The average Bonchev–Trinajstić information content (AvgIpc) is 2.38. The molecule has 2 N–H and O–H groups in total. The minimum absolute atomic E-state index is 0.620. The Bertz CT molecular complexity index is 539. The number of aromatic nitrogens is 1. The molecule has 94 valence electrons. The number of anilines is 3. The summed E-state index contributed by atoms with van der Waals surface area (Å²) in [6.45, 7) is 0. The van der Waals surface area contributed by atoms with Gasteiger partial charge in [0.15, 0.2) is 0 Å². The van der Waals surface area contributed by atoms with Crippen LogP contribution in [0.3, 0.4) is 0 Å². The average molecular weight is 308 g/mol. The molecule has 0 radical (unpaired) electrons. The number of rotatable bonds is 3. The lowest BCUT2D eigenvalue weighted by atomic mass is 10.2. The number of hydrogen-bond acceptors (Lipinski definition) is 4. The minimum atomic E-state index is 0.620. The first-order valence-corrected chi connectivity index (χ1v) is 6.19. The quantitative estimate of drug-likeness (QED) is 0.946. The summed E-state index contributed by atoms with van der Waals surface area (Å²) in [6.07, 6.45) is 3.36. The molecule has 0 bridgehead atoms. The van der Waals surface area contributed by atoms with Crippen LogP contribution in [0, 0.1) is 0 Å². The SMILES string of the molecule is COc1cccc(N(C)c2c(N)cncc2Br)c1. The van der Waals surface area contributed by atoms with Gasteiger partial charge in [-0.3, -0.25) is 4.98 Å². The van der Waals surface area contributed by atoms with Crippen LogP contribution in [0.15, 0.2) is 41.1 Å². The van der Waals surface area contributed by atoms with E-state index in [4.69, 9.17) is 10.5 Å². The van der Waals surface area contributed by atoms with Crippen molar-refractivity contribution in [3.8, 4) is 5.75 Å². The molecule has 2 rings (SSSR count). The van der Waals surface area contributed by atoms with E-state index in [2.05, 4.69) is 20.9 Å². The van der Waals surface area contributed by atoms with Gasteiger partial charge in [-0.25, -0.2) is 0 Å². The van der Waals surface area contributed by atoms with Crippen molar-refractivity contribution in [3.05, 3.63) is 41.1 Å². The number of nitrogens with two attached hydrogens (primary N) is 1. The smallest absolute Gasteiger partial charge is 0.120 e. The van der Waals surface area contributed by atoms with E-state index >= 15 is 0 Å². The molecule has 18 heavy (non-hydrogen) atoms. The van der Waals surface area contributed by atoms with Crippen molar-refractivity contribution in [2.75, 3.05) is 24.8 Å². The van der Waals surface area contributed by atoms with Crippen molar-refractivity contribution in [1.82, 2.24) is 4.98 Å². The maximum absolute atomic E-state index is 5.96. The molecule has 0 unspecified atom stereocenters. The van der Waals surface area contributed by atoms with Crippen LogP contribution >= 0.6 is 15.9 Å². The Labute approximate surface area is 115 Å². The van der Waals surface area contributed by atoms with Gasteiger partial charge < -0.3 is 15.4 Å². The minimum Gasteiger partial charge on any atom is -0.497 e. The molecule has 0 aliphatic rings. The van der Waals surface area contributed by atoms with Crippen LogP contribution in [0.1, 0.15) is 0 Å². The van der Waals surface area contributed by atoms with E-state index in [9.17, 15) is 0 Å². The number of ether oxygens (including phenoxy) is 1. The first kappa shape index (κ1) is 12.7. The van der Waals surface area contributed by atoms with Gasteiger partial charge in [0.05, 0.1) is 29.2 Å². The van der Waals surface area contributed by atoms with E-state index in [0.717, 1.165) is 21.6 Å². The van der Waals surface area contributed by atoms with Gasteiger partial charge in [-0.1, -0.05) is 6.07 Å². The standard InChI is InChI=1S/C13H14BrN3O/c1-17(9-4-3-5-10(6-9)18-2)13-11(14)7-16-8-12(13)15/h3-8H,15H2,1-2H3. The van der Waals surface area contributed by atoms with Crippen molar-refractivity contribution in [3.63, 3.8) is 0 Å². The van der Waals surface area contributed by atoms with E-state index in [0.29, 0.717) is 5.69 Å². The summed E-state index contributed by atoms with van der Waals surface area (Å²) < 4.78 is 6.07. The summed E-state index contributed by atoms with van der Waals surface area (Å²) in [5, 5.41) is 0. The fraction of sp³-hybridized carbons (Fsp3) is 0.154. The van der Waals surface area contributed by atoms with Crippen molar-refractivity contribution < 1.29 is 4.74 Å². The Morgan fingerprint density at radius 1 is 1.33 bits per heavy atom. The third kappa shape index (κ3) is 2.41. The highest BCUT2D eigenvalue weighted by Gasteiger charge is 2.12. The predicted octanol–water partition coefficient (Wildman–Crippen LogP) is 3.20. The number of hydrogen-bond donors (Lipinski definition) is 1. The summed E-state index contributed by atoms with van der Waals surface area (Å²) in [5.41, 5.74) is 8.47. The predicted molar refractivity (Wildman–Crippen MR) is 77.4 cm³/mol. The third-order valence-corrected chi connectivity index (χ3v) is 3.26. The molecule has 1 aromatic heterocycles.